The molecule has 0 spiro atoms. The SMILES string of the molecule is N#CC(C#N)=NNc1ccc(Cn2nnc3ccccc32)cc1. The van der Waals surface area contributed by atoms with Crippen molar-refractivity contribution in [1.82, 2.24) is 15.0 Å². The smallest absolute Gasteiger partial charge is 0.237 e. The normalized spacial score (nSPS) is 9.83. The van der Waals surface area contributed by atoms with E-state index in [-0.39, 0.29) is 5.71 Å². The Kier molecular flexibility index (Phi) is 3.94. The molecule has 1 heterocycles. The van der Waals surface area contributed by atoms with Crippen molar-refractivity contribution in [3.63, 3.8) is 0 Å². The lowest BCUT2D eigenvalue weighted by Gasteiger charge is -2.04. The first-order valence-corrected chi connectivity index (χ1v) is 6.81. The number of hydrogen-bond acceptors (Lipinski definition) is 6. The molecule has 0 aliphatic carbocycles. The third-order valence-electron chi connectivity index (χ3n) is 3.22. The van der Waals surface area contributed by atoms with E-state index < -0.39 is 0 Å². The first-order valence-electron chi connectivity index (χ1n) is 6.81. The second-order valence-corrected chi connectivity index (χ2v) is 4.73. The summed E-state index contributed by atoms with van der Waals surface area (Å²) in [5, 5.41) is 29.2. The molecule has 0 radical (unpaired) electrons. The number of aromatic nitrogens is 3. The number of hydrazone groups is 1. The minimum absolute atomic E-state index is 0.219. The van der Waals surface area contributed by atoms with Crippen LogP contribution in [-0.4, -0.2) is 20.7 Å². The van der Waals surface area contributed by atoms with Gasteiger partial charge in [-0.1, -0.05) is 29.5 Å². The largest absolute Gasteiger partial charge is 0.277 e. The highest BCUT2D eigenvalue weighted by molar-refractivity contribution is 6.10. The van der Waals surface area contributed by atoms with Crippen LogP contribution in [0.1, 0.15) is 5.56 Å². The third kappa shape index (κ3) is 3.14. The van der Waals surface area contributed by atoms with E-state index >= 15 is 0 Å². The van der Waals surface area contributed by atoms with Gasteiger partial charge >= 0.3 is 0 Å². The van der Waals surface area contributed by atoms with Gasteiger partial charge in [0.25, 0.3) is 0 Å². The van der Waals surface area contributed by atoms with Crippen LogP contribution < -0.4 is 5.43 Å². The average Bonchev–Trinajstić information content (AvgIpc) is 3.00. The molecule has 7 nitrogen and oxygen atoms in total. The fourth-order valence-corrected chi connectivity index (χ4v) is 2.09. The highest BCUT2D eigenvalue weighted by Crippen LogP contribution is 2.14. The molecule has 0 bridgehead atoms. The Morgan fingerprint density at radius 1 is 1.09 bits per heavy atom. The summed E-state index contributed by atoms with van der Waals surface area (Å²) in [6.07, 6.45) is 0. The molecule has 1 aromatic heterocycles. The second kappa shape index (κ2) is 6.37. The summed E-state index contributed by atoms with van der Waals surface area (Å²) < 4.78 is 1.83. The predicted molar refractivity (Wildman–Crippen MR) is 85.4 cm³/mol. The van der Waals surface area contributed by atoms with Gasteiger partial charge in [0.2, 0.25) is 5.71 Å². The summed E-state index contributed by atoms with van der Waals surface area (Å²) in [5.74, 6) is 0. The molecular formula is C16H11N7. The molecule has 0 unspecified atom stereocenters. The lowest BCUT2D eigenvalue weighted by molar-refractivity contribution is 0.670. The molecule has 0 atom stereocenters. The molecule has 3 rings (SSSR count). The van der Waals surface area contributed by atoms with Crippen molar-refractivity contribution in [3.8, 4) is 12.1 Å². The fourth-order valence-electron chi connectivity index (χ4n) is 2.09. The van der Waals surface area contributed by atoms with Gasteiger partial charge in [-0.3, -0.25) is 5.43 Å². The summed E-state index contributed by atoms with van der Waals surface area (Å²) in [6.45, 7) is 0.603. The number of fused-ring (bicyclic) bond motifs is 1. The van der Waals surface area contributed by atoms with E-state index in [1.807, 2.05) is 53.2 Å². The highest BCUT2D eigenvalue weighted by Gasteiger charge is 2.04. The molecule has 0 amide bonds. The van der Waals surface area contributed by atoms with Crippen LogP contribution in [-0.2, 0) is 6.54 Å². The molecule has 0 saturated heterocycles. The molecule has 110 valence electrons. The number of anilines is 1. The highest BCUT2D eigenvalue weighted by atomic mass is 15.4. The van der Waals surface area contributed by atoms with E-state index in [2.05, 4.69) is 20.8 Å². The maximum atomic E-state index is 8.62. The van der Waals surface area contributed by atoms with Crippen LogP contribution in [0.2, 0.25) is 0 Å². The minimum atomic E-state index is -0.219. The van der Waals surface area contributed by atoms with Crippen molar-refractivity contribution < 1.29 is 0 Å². The van der Waals surface area contributed by atoms with Crippen molar-refractivity contribution in [2.45, 2.75) is 6.54 Å². The molecule has 3 aromatic rings. The van der Waals surface area contributed by atoms with Crippen LogP contribution in [0.4, 0.5) is 5.69 Å². The van der Waals surface area contributed by atoms with Crippen LogP contribution >= 0.6 is 0 Å². The van der Waals surface area contributed by atoms with Crippen LogP contribution in [0.25, 0.3) is 11.0 Å². The monoisotopic (exact) mass is 301 g/mol. The van der Waals surface area contributed by atoms with E-state index in [1.165, 1.54) is 0 Å². The number of nitriles is 2. The summed E-state index contributed by atoms with van der Waals surface area (Å²) in [4.78, 5) is 0. The molecule has 0 aliphatic heterocycles. The molecule has 0 aliphatic rings. The third-order valence-corrected chi connectivity index (χ3v) is 3.22. The number of hydrogen-bond donors (Lipinski definition) is 1. The van der Waals surface area contributed by atoms with Gasteiger partial charge in [0.05, 0.1) is 17.7 Å². The summed E-state index contributed by atoms with van der Waals surface area (Å²) in [6, 6.07) is 18.7. The van der Waals surface area contributed by atoms with E-state index in [9.17, 15) is 0 Å². The lowest BCUT2D eigenvalue weighted by Crippen LogP contribution is -2.02. The zero-order chi connectivity index (χ0) is 16.1. The maximum Gasteiger partial charge on any atom is 0.237 e. The summed E-state index contributed by atoms with van der Waals surface area (Å²) >= 11 is 0. The van der Waals surface area contributed by atoms with E-state index in [0.29, 0.717) is 12.2 Å². The number of rotatable bonds is 4. The Balaban J connectivity index is 1.74. The van der Waals surface area contributed by atoms with Gasteiger partial charge in [0, 0.05) is 0 Å². The van der Waals surface area contributed by atoms with E-state index in [1.54, 1.807) is 12.1 Å². The van der Waals surface area contributed by atoms with Crippen LogP contribution in [0, 0.1) is 22.7 Å². The van der Waals surface area contributed by atoms with Gasteiger partial charge in [-0.25, -0.2) is 4.68 Å². The summed E-state index contributed by atoms with van der Waals surface area (Å²) in [7, 11) is 0. The second-order valence-electron chi connectivity index (χ2n) is 4.73. The first-order chi connectivity index (χ1) is 11.3. The first kappa shape index (κ1) is 14.2. The molecule has 1 N–H and O–H groups in total. The lowest BCUT2D eigenvalue weighted by atomic mass is 10.2. The topological polar surface area (TPSA) is 103 Å². The zero-order valence-electron chi connectivity index (χ0n) is 12.0. The Morgan fingerprint density at radius 2 is 1.83 bits per heavy atom. The van der Waals surface area contributed by atoms with Gasteiger partial charge in [0.1, 0.15) is 17.7 Å². The predicted octanol–water partition coefficient (Wildman–Crippen LogP) is 2.29. The molecule has 0 fully saturated rings. The van der Waals surface area contributed by atoms with Gasteiger partial charge < -0.3 is 0 Å². The van der Waals surface area contributed by atoms with Crippen molar-refractivity contribution in [3.05, 3.63) is 54.1 Å². The van der Waals surface area contributed by atoms with Gasteiger partial charge in [-0.2, -0.15) is 15.6 Å². The van der Waals surface area contributed by atoms with Crippen molar-refractivity contribution in [1.29, 1.82) is 10.5 Å². The quantitative estimate of drug-likeness (QED) is 0.588. The van der Waals surface area contributed by atoms with Gasteiger partial charge in [-0.05, 0) is 29.8 Å². The average molecular weight is 301 g/mol. The number of para-hydroxylation sites is 1. The van der Waals surface area contributed by atoms with Crippen molar-refractivity contribution in [2.24, 2.45) is 5.10 Å². The molecule has 2 aromatic carbocycles. The van der Waals surface area contributed by atoms with Crippen LogP contribution in [0.5, 0.6) is 0 Å². The van der Waals surface area contributed by atoms with E-state index in [4.69, 9.17) is 10.5 Å². The van der Waals surface area contributed by atoms with Gasteiger partial charge in [-0.15, -0.1) is 5.10 Å². The molecule has 23 heavy (non-hydrogen) atoms. The van der Waals surface area contributed by atoms with Gasteiger partial charge in [0.15, 0.2) is 0 Å². The zero-order valence-corrected chi connectivity index (χ0v) is 12.0. The van der Waals surface area contributed by atoms with Crippen molar-refractivity contribution >= 4 is 22.4 Å². The fraction of sp³-hybridized carbons (Fsp3) is 0.0625. The number of benzene rings is 2. The molecular weight excluding hydrogens is 290 g/mol. The number of nitrogens with zero attached hydrogens (tertiary/aromatic N) is 6. The number of nitrogens with one attached hydrogen (secondary N) is 1. The standard InChI is InChI=1S/C16H11N7/c17-9-14(10-18)20-19-13-7-5-12(6-8-13)11-23-16-4-2-1-3-15(16)21-22-23/h1-8,19H,11H2. The van der Waals surface area contributed by atoms with Crippen molar-refractivity contribution in [2.75, 3.05) is 5.43 Å². The Morgan fingerprint density at radius 3 is 2.57 bits per heavy atom. The molecule has 0 saturated carbocycles. The molecule has 7 heteroatoms. The Labute approximate surface area is 132 Å². The van der Waals surface area contributed by atoms with Crippen LogP contribution in [0.15, 0.2) is 53.6 Å². The van der Waals surface area contributed by atoms with Crippen LogP contribution in [0.3, 0.4) is 0 Å². The Hall–Kier alpha value is -3.71. The maximum absolute atomic E-state index is 8.62. The minimum Gasteiger partial charge on any atom is -0.277 e. The summed E-state index contributed by atoms with van der Waals surface area (Å²) in [5.41, 5.74) is 6.04. The van der Waals surface area contributed by atoms with E-state index in [0.717, 1.165) is 16.6 Å². The Bertz CT molecular complexity index is 923.